The number of rotatable bonds is 1. The van der Waals surface area contributed by atoms with Gasteiger partial charge in [-0.2, -0.15) is 0 Å². The van der Waals surface area contributed by atoms with E-state index in [4.69, 9.17) is 9.47 Å². The number of carboxylic acids is 1. The van der Waals surface area contributed by atoms with Crippen LogP contribution in [0, 0.1) is 0 Å². The maximum Gasteiger partial charge on any atom is 0.411 e. The Balaban J connectivity index is 2.87. The van der Waals surface area contributed by atoms with E-state index in [1.807, 2.05) is 0 Å². The quantitative estimate of drug-likeness (QED) is 0.772. The second-order valence-electron chi connectivity index (χ2n) is 5.57. The standard InChI is InChI=1S/C12H21NO5/c1-7-6-13(11(16)18-12(3,4)5)9(10(14)15)8(2)17-7/h7-9H,6H2,1-5H3,(H,14,15)/t7-,8-,9?/m1/s1. The molecule has 1 aliphatic heterocycles. The van der Waals surface area contributed by atoms with Crippen LogP contribution in [0.1, 0.15) is 34.6 Å². The van der Waals surface area contributed by atoms with Crippen molar-refractivity contribution < 1.29 is 24.2 Å². The number of amides is 1. The largest absolute Gasteiger partial charge is 0.480 e. The summed E-state index contributed by atoms with van der Waals surface area (Å²) in [5.74, 6) is -1.08. The van der Waals surface area contributed by atoms with Gasteiger partial charge in [0.25, 0.3) is 0 Å². The molecule has 1 rings (SSSR count). The second kappa shape index (κ2) is 5.14. The lowest BCUT2D eigenvalue weighted by atomic mass is 10.1. The zero-order chi connectivity index (χ0) is 14.1. The molecule has 1 aliphatic rings. The molecule has 1 unspecified atom stereocenters. The maximum atomic E-state index is 12.0. The van der Waals surface area contributed by atoms with Gasteiger partial charge in [-0.15, -0.1) is 0 Å². The fourth-order valence-corrected chi connectivity index (χ4v) is 1.97. The summed E-state index contributed by atoms with van der Waals surface area (Å²) in [5.41, 5.74) is -0.648. The van der Waals surface area contributed by atoms with Gasteiger partial charge in [0, 0.05) is 0 Å². The molecule has 1 heterocycles. The minimum absolute atomic E-state index is 0.205. The molecule has 0 saturated carbocycles. The molecule has 0 spiro atoms. The third-order valence-electron chi connectivity index (χ3n) is 2.56. The van der Waals surface area contributed by atoms with Gasteiger partial charge in [-0.05, 0) is 34.6 Å². The zero-order valence-corrected chi connectivity index (χ0v) is 11.5. The third-order valence-corrected chi connectivity index (χ3v) is 2.56. The molecular formula is C12H21NO5. The van der Waals surface area contributed by atoms with Crippen molar-refractivity contribution in [2.24, 2.45) is 0 Å². The zero-order valence-electron chi connectivity index (χ0n) is 11.5. The Kier molecular flexibility index (Phi) is 4.21. The van der Waals surface area contributed by atoms with Crippen molar-refractivity contribution in [2.45, 2.75) is 58.5 Å². The smallest absolute Gasteiger partial charge is 0.411 e. The molecule has 6 heteroatoms. The van der Waals surface area contributed by atoms with Crippen LogP contribution in [-0.2, 0) is 14.3 Å². The Hall–Kier alpha value is -1.30. The van der Waals surface area contributed by atoms with Crippen molar-refractivity contribution in [1.29, 1.82) is 0 Å². The van der Waals surface area contributed by atoms with Gasteiger partial charge in [-0.3, -0.25) is 4.90 Å². The van der Waals surface area contributed by atoms with E-state index >= 15 is 0 Å². The van der Waals surface area contributed by atoms with Gasteiger partial charge in [-0.1, -0.05) is 0 Å². The van der Waals surface area contributed by atoms with Gasteiger partial charge >= 0.3 is 12.1 Å². The van der Waals surface area contributed by atoms with Crippen molar-refractivity contribution in [3.63, 3.8) is 0 Å². The number of carbonyl (C=O) groups excluding carboxylic acids is 1. The number of hydrogen-bond donors (Lipinski definition) is 1. The number of carboxylic acid groups (broad SMARTS) is 1. The van der Waals surface area contributed by atoms with Crippen molar-refractivity contribution in [3.05, 3.63) is 0 Å². The van der Waals surface area contributed by atoms with E-state index in [9.17, 15) is 14.7 Å². The molecule has 0 aromatic heterocycles. The van der Waals surface area contributed by atoms with E-state index in [-0.39, 0.29) is 12.6 Å². The van der Waals surface area contributed by atoms with E-state index in [1.54, 1.807) is 34.6 Å². The van der Waals surface area contributed by atoms with E-state index in [0.717, 1.165) is 0 Å². The Labute approximate surface area is 107 Å². The molecule has 0 aromatic rings. The highest BCUT2D eigenvalue weighted by molar-refractivity contribution is 5.81. The number of nitrogens with zero attached hydrogens (tertiary/aromatic N) is 1. The molecule has 3 atom stereocenters. The number of ether oxygens (including phenoxy) is 2. The normalized spacial score (nSPS) is 28.9. The Morgan fingerprint density at radius 3 is 2.33 bits per heavy atom. The third kappa shape index (κ3) is 3.60. The van der Waals surface area contributed by atoms with Crippen LogP contribution in [0.15, 0.2) is 0 Å². The highest BCUT2D eigenvalue weighted by Crippen LogP contribution is 2.21. The summed E-state index contributed by atoms with van der Waals surface area (Å²) in [6.07, 6.45) is -1.38. The van der Waals surface area contributed by atoms with E-state index in [1.165, 1.54) is 4.90 Å². The molecule has 1 fully saturated rings. The second-order valence-corrected chi connectivity index (χ2v) is 5.57. The first-order valence-corrected chi connectivity index (χ1v) is 5.99. The first-order chi connectivity index (χ1) is 8.11. The van der Waals surface area contributed by atoms with Gasteiger partial charge in [0.05, 0.1) is 18.8 Å². The average Bonchev–Trinajstić information content (AvgIpc) is 2.12. The summed E-state index contributed by atoms with van der Waals surface area (Å²) in [6, 6.07) is -1.00. The van der Waals surface area contributed by atoms with E-state index < -0.39 is 29.8 Å². The van der Waals surface area contributed by atoms with Crippen molar-refractivity contribution >= 4 is 12.1 Å². The molecule has 0 bridgehead atoms. The lowest BCUT2D eigenvalue weighted by Crippen LogP contribution is -2.59. The number of morpholine rings is 1. The fraction of sp³-hybridized carbons (Fsp3) is 0.833. The molecule has 0 radical (unpaired) electrons. The minimum atomic E-state index is -1.08. The lowest BCUT2D eigenvalue weighted by molar-refractivity contribution is -0.161. The summed E-state index contributed by atoms with van der Waals surface area (Å²) >= 11 is 0. The predicted octanol–water partition coefficient (Wildman–Crippen LogP) is 1.48. The topological polar surface area (TPSA) is 76.1 Å². The SMILES string of the molecule is C[C@@H]1CN(C(=O)OC(C)(C)C)C(C(=O)O)[C@@H](C)O1. The summed E-state index contributed by atoms with van der Waals surface area (Å²) in [4.78, 5) is 24.5. The molecule has 0 aromatic carbocycles. The van der Waals surface area contributed by atoms with Crippen LogP contribution in [-0.4, -0.2) is 52.5 Å². The van der Waals surface area contributed by atoms with Crippen LogP contribution < -0.4 is 0 Å². The van der Waals surface area contributed by atoms with Gasteiger partial charge in [0.1, 0.15) is 5.60 Å². The van der Waals surface area contributed by atoms with Crippen LogP contribution in [0.2, 0.25) is 0 Å². The van der Waals surface area contributed by atoms with Crippen LogP contribution in [0.25, 0.3) is 0 Å². The first kappa shape index (κ1) is 14.8. The molecular weight excluding hydrogens is 238 g/mol. The van der Waals surface area contributed by atoms with Gasteiger partial charge in [0.15, 0.2) is 6.04 Å². The molecule has 1 amide bonds. The summed E-state index contributed by atoms with van der Waals surface area (Å²) < 4.78 is 10.7. The number of hydrogen-bond acceptors (Lipinski definition) is 4. The molecule has 104 valence electrons. The molecule has 1 saturated heterocycles. The molecule has 18 heavy (non-hydrogen) atoms. The van der Waals surface area contributed by atoms with E-state index in [0.29, 0.717) is 0 Å². The Bertz CT molecular complexity index is 336. The molecule has 1 N–H and O–H groups in total. The summed E-state index contributed by atoms with van der Waals surface area (Å²) in [7, 11) is 0. The van der Waals surface area contributed by atoms with Crippen LogP contribution in [0.3, 0.4) is 0 Å². The van der Waals surface area contributed by atoms with Gasteiger partial charge in [0.2, 0.25) is 0 Å². The van der Waals surface area contributed by atoms with E-state index in [2.05, 4.69) is 0 Å². The van der Waals surface area contributed by atoms with Gasteiger partial charge in [-0.25, -0.2) is 9.59 Å². The molecule has 6 nitrogen and oxygen atoms in total. The van der Waals surface area contributed by atoms with Crippen LogP contribution in [0.4, 0.5) is 4.79 Å². The van der Waals surface area contributed by atoms with Crippen molar-refractivity contribution in [3.8, 4) is 0 Å². The lowest BCUT2D eigenvalue weighted by Gasteiger charge is -2.40. The van der Waals surface area contributed by atoms with Crippen molar-refractivity contribution in [1.82, 2.24) is 4.90 Å². The molecule has 0 aliphatic carbocycles. The monoisotopic (exact) mass is 259 g/mol. The average molecular weight is 259 g/mol. The van der Waals surface area contributed by atoms with Crippen molar-refractivity contribution in [2.75, 3.05) is 6.54 Å². The number of carbonyl (C=O) groups is 2. The van der Waals surface area contributed by atoms with Crippen LogP contribution >= 0.6 is 0 Å². The Morgan fingerprint density at radius 2 is 1.89 bits per heavy atom. The number of aliphatic carboxylic acids is 1. The summed E-state index contributed by atoms with van der Waals surface area (Å²) in [6.45, 7) is 8.89. The highest BCUT2D eigenvalue weighted by Gasteiger charge is 2.42. The predicted molar refractivity (Wildman–Crippen MR) is 64.4 cm³/mol. The Morgan fingerprint density at radius 1 is 1.33 bits per heavy atom. The maximum absolute atomic E-state index is 12.0. The first-order valence-electron chi connectivity index (χ1n) is 5.99. The van der Waals surface area contributed by atoms with Gasteiger partial charge < -0.3 is 14.6 Å². The van der Waals surface area contributed by atoms with Crippen LogP contribution in [0.5, 0.6) is 0 Å². The minimum Gasteiger partial charge on any atom is -0.480 e. The summed E-state index contributed by atoms with van der Waals surface area (Å²) in [5, 5.41) is 9.18. The highest BCUT2D eigenvalue weighted by atomic mass is 16.6. The fourth-order valence-electron chi connectivity index (χ4n) is 1.97.